The van der Waals surface area contributed by atoms with Crippen LogP contribution in [0.25, 0.3) is 0 Å². The van der Waals surface area contributed by atoms with Gasteiger partial charge in [-0.15, -0.1) is 0 Å². The second-order valence-electron chi connectivity index (χ2n) is 7.49. The first-order valence-electron chi connectivity index (χ1n) is 9.04. The molecule has 0 aliphatic carbocycles. The average Bonchev–Trinajstić information content (AvgIpc) is 2.58. The summed E-state index contributed by atoms with van der Waals surface area (Å²) >= 11 is 0. The molecule has 2 atom stereocenters. The maximum Gasteiger partial charge on any atom is 0.506 e. The number of nitrogens with zero attached hydrogens (tertiary/aromatic N) is 1. The lowest BCUT2D eigenvalue weighted by atomic mass is 9.91. The zero-order valence-electron chi connectivity index (χ0n) is 16.7. The van der Waals surface area contributed by atoms with E-state index >= 15 is 0 Å². The van der Waals surface area contributed by atoms with Crippen molar-refractivity contribution in [2.75, 3.05) is 27.4 Å². The smallest absolute Gasteiger partial charge is 0.444 e. The fourth-order valence-corrected chi connectivity index (χ4v) is 2.90. The third kappa shape index (κ3) is 6.48. The molecule has 0 unspecified atom stereocenters. The molecule has 1 aliphatic heterocycles. The topological polar surface area (TPSA) is 98.5 Å². The van der Waals surface area contributed by atoms with E-state index in [4.69, 9.17) is 14.2 Å². The molecule has 0 radical (unpaired) electrons. The van der Waals surface area contributed by atoms with E-state index in [2.05, 4.69) is 5.32 Å². The second kappa shape index (κ2) is 9.75. The Balaban J connectivity index is 2.83. The van der Waals surface area contributed by atoms with Gasteiger partial charge in [-0.2, -0.15) is 0 Å². The molecule has 1 saturated heterocycles. The van der Waals surface area contributed by atoms with Gasteiger partial charge in [0.2, 0.25) is 5.91 Å². The van der Waals surface area contributed by atoms with Crippen LogP contribution in [0.3, 0.4) is 0 Å². The Morgan fingerprint density at radius 2 is 1.88 bits per heavy atom. The monoisotopic (exact) mass is 373 g/mol. The fourth-order valence-electron chi connectivity index (χ4n) is 2.90. The predicted molar refractivity (Wildman–Crippen MR) is 97.5 cm³/mol. The van der Waals surface area contributed by atoms with Crippen LogP contribution in [0.15, 0.2) is 0 Å². The number of hydrogen-bond acceptors (Lipinski definition) is 5. The number of rotatable bonds is 6. The number of hydrogen-bond donors (Lipinski definition) is 1. The SMILES string of the molecule is CC[C@@H](C(=O)N[C@H](C(=[OH+])OC)C1CCOCC1)N(C)C(=O)OC(C)(C)C. The van der Waals surface area contributed by atoms with Gasteiger partial charge in [0.15, 0.2) is 13.2 Å². The van der Waals surface area contributed by atoms with Gasteiger partial charge in [-0.3, -0.25) is 9.69 Å². The van der Waals surface area contributed by atoms with Crippen molar-refractivity contribution in [3.63, 3.8) is 0 Å². The number of likely N-dealkylation sites (N-methyl/N-ethyl adjacent to an activating group) is 1. The zero-order valence-corrected chi connectivity index (χ0v) is 16.7. The van der Waals surface area contributed by atoms with E-state index in [1.165, 1.54) is 19.1 Å². The summed E-state index contributed by atoms with van der Waals surface area (Å²) in [5.74, 6) is -0.585. The summed E-state index contributed by atoms with van der Waals surface area (Å²) in [6.07, 6.45) is 1.26. The van der Waals surface area contributed by atoms with E-state index in [1.807, 2.05) is 6.92 Å². The van der Waals surface area contributed by atoms with Gasteiger partial charge in [-0.05, 0) is 40.0 Å². The van der Waals surface area contributed by atoms with Crippen LogP contribution in [0.4, 0.5) is 4.79 Å². The van der Waals surface area contributed by atoms with Gasteiger partial charge in [0.1, 0.15) is 11.6 Å². The minimum absolute atomic E-state index is 0.0111. The Labute approximate surface area is 155 Å². The van der Waals surface area contributed by atoms with Crippen LogP contribution in [-0.4, -0.2) is 72.7 Å². The van der Waals surface area contributed by atoms with Crippen molar-refractivity contribution in [1.82, 2.24) is 10.2 Å². The quantitative estimate of drug-likeness (QED) is 0.564. The maximum absolute atomic E-state index is 12.8. The molecule has 0 spiro atoms. The molecule has 1 aliphatic rings. The molecular weight excluding hydrogens is 340 g/mol. The van der Waals surface area contributed by atoms with Crippen molar-refractivity contribution in [2.24, 2.45) is 5.92 Å². The van der Waals surface area contributed by atoms with Gasteiger partial charge in [-0.1, -0.05) is 6.92 Å². The van der Waals surface area contributed by atoms with Crippen molar-refractivity contribution in [2.45, 2.75) is 64.6 Å². The van der Waals surface area contributed by atoms with Crippen molar-refractivity contribution < 1.29 is 28.6 Å². The number of methoxy groups -OCH3 is 1. The summed E-state index contributed by atoms with van der Waals surface area (Å²) in [6.45, 7) is 8.27. The van der Waals surface area contributed by atoms with Crippen molar-refractivity contribution in [1.29, 1.82) is 0 Å². The minimum Gasteiger partial charge on any atom is -0.444 e. The van der Waals surface area contributed by atoms with Crippen LogP contribution in [-0.2, 0) is 19.0 Å². The molecule has 8 heteroatoms. The Bertz CT molecular complexity index is 496. The third-order valence-corrected chi connectivity index (χ3v) is 4.35. The van der Waals surface area contributed by atoms with Crippen LogP contribution in [0.5, 0.6) is 0 Å². The van der Waals surface area contributed by atoms with Crippen LogP contribution < -0.4 is 5.32 Å². The first kappa shape index (κ1) is 22.2. The maximum atomic E-state index is 12.8. The summed E-state index contributed by atoms with van der Waals surface area (Å²) in [5.41, 5.74) is -0.646. The normalized spacial score (nSPS) is 17.8. The highest BCUT2D eigenvalue weighted by atomic mass is 16.6. The highest BCUT2D eigenvalue weighted by Gasteiger charge is 2.39. The lowest BCUT2D eigenvalue weighted by Crippen LogP contribution is -2.55. The van der Waals surface area contributed by atoms with Gasteiger partial charge in [-0.25, -0.2) is 4.79 Å². The number of nitrogens with one attached hydrogen (secondary N) is 1. The predicted octanol–water partition coefficient (Wildman–Crippen LogP) is 1.69. The van der Waals surface area contributed by atoms with E-state index in [1.54, 1.807) is 20.8 Å². The molecule has 2 N–H and O–H groups in total. The minimum atomic E-state index is -0.711. The molecule has 26 heavy (non-hydrogen) atoms. The molecule has 0 saturated carbocycles. The molecule has 2 amide bonds. The highest BCUT2D eigenvalue weighted by Crippen LogP contribution is 2.20. The molecule has 1 fully saturated rings. The van der Waals surface area contributed by atoms with Crippen LogP contribution in [0.2, 0.25) is 0 Å². The standard InChI is InChI=1S/C18H32N2O6/c1-7-13(20(5)17(23)26-18(2,3)4)15(21)19-14(16(22)24-6)12-8-10-25-11-9-12/h12-14H,7-11H2,1-6H3,(H,19,21)/p+1/t13-,14-/m0/s1. The molecule has 0 aromatic carbocycles. The van der Waals surface area contributed by atoms with Gasteiger partial charge >= 0.3 is 12.1 Å². The number of ether oxygens (including phenoxy) is 3. The average molecular weight is 373 g/mol. The number of amides is 2. The third-order valence-electron chi connectivity index (χ3n) is 4.35. The molecule has 150 valence electrons. The summed E-state index contributed by atoms with van der Waals surface area (Å²) in [7, 11) is 2.89. The van der Waals surface area contributed by atoms with Gasteiger partial charge in [0.25, 0.3) is 0 Å². The number of carbonyl (C=O) groups is 2. The Morgan fingerprint density at radius 1 is 1.31 bits per heavy atom. The van der Waals surface area contributed by atoms with Crippen molar-refractivity contribution >= 4 is 18.0 Å². The zero-order chi connectivity index (χ0) is 19.9. The first-order chi connectivity index (χ1) is 12.1. The van der Waals surface area contributed by atoms with Crippen LogP contribution >= 0.6 is 0 Å². The van der Waals surface area contributed by atoms with E-state index in [0.29, 0.717) is 32.5 Å². The van der Waals surface area contributed by atoms with Gasteiger partial charge in [0, 0.05) is 26.2 Å². The molecule has 0 aromatic heterocycles. The first-order valence-corrected chi connectivity index (χ1v) is 9.04. The van der Waals surface area contributed by atoms with E-state index in [0.717, 1.165) is 0 Å². The molecule has 1 rings (SSSR count). The van der Waals surface area contributed by atoms with Crippen LogP contribution in [0, 0.1) is 5.92 Å². The molecule has 1 heterocycles. The molecule has 8 nitrogen and oxygen atoms in total. The van der Waals surface area contributed by atoms with E-state index in [9.17, 15) is 14.4 Å². The molecule has 0 aromatic rings. The second-order valence-corrected chi connectivity index (χ2v) is 7.49. The van der Waals surface area contributed by atoms with Gasteiger partial charge < -0.3 is 24.3 Å². The number of esters is 1. The van der Waals surface area contributed by atoms with Crippen molar-refractivity contribution in [3.05, 3.63) is 0 Å². The van der Waals surface area contributed by atoms with Gasteiger partial charge in [0.05, 0.1) is 0 Å². The van der Waals surface area contributed by atoms with E-state index < -0.39 is 23.8 Å². The lowest BCUT2D eigenvalue weighted by molar-refractivity contribution is -0.127. The van der Waals surface area contributed by atoms with Crippen LogP contribution in [0.1, 0.15) is 47.0 Å². The Hall–Kier alpha value is -1.83. The fraction of sp³-hybridized carbons (Fsp3) is 0.833. The number of carbonyl (C=O) groups excluding carboxylic acids is 3. The highest BCUT2D eigenvalue weighted by molar-refractivity contribution is 5.90. The molecular formula is C18H33N2O6+. The van der Waals surface area contributed by atoms with E-state index in [-0.39, 0.29) is 17.8 Å². The summed E-state index contributed by atoms with van der Waals surface area (Å²) < 4.78 is 15.6. The molecule has 0 bridgehead atoms. The Morgan fingerprint density at radius 3 is 2.35 bits per heavy atom. The summed E-state index contributed by atoms with van der Waals surface area (Å²) in [5, 5.41) is 2.83. The lowest BCUT2D eigenvalue weighted by Gasteiger charge is -2.31. The summed E-state index contributed by atoms with van der Waals surface area (Å²) in [4.78, 5) is 36.4. The summed E-state index contributed by atoms with van der Waals surface area (Å²) in [6, 6.07) is -1.35. The van der Waals surface area contributed by atoms with Crippen molar-refractivity contribution in [3.8, 4) is 0 Å². The Kier molecular flexibility index (Phi) is 8.33. The largest absolute Gasteiger partial charge is 0.506 e.